The van der Waals surface area contributed by atoms with E-state index in [0.717, 1.165) is 31.8 Å². The monoisotopic (exact) mass is 210 g/mol. The Bertz CT molecular complexity index is 280. The van der Waals surface area contributed by atoms with Crippen molar-refractivity contribution in [1.29, 1.82) is 0 Å². The third-order valence-electron chi connectivity index (χ3n) is 1.96. The highest BCUT2D eigenvalue weighted by molar-refractivity contribution is 5.38. The van der Waals surface area contributed by atoms with Gasteiger partial charge in [-0.05, 0) is 18.9 Å². The van der Waals surface area contributed by atoms with E-state index in [1.807, 2.05) is 6.07 Å². The van der Waals surface area contributed by atoms with E-state index in [2.05, 4.69) is 20.6 Å². The molecule has 0 aliphatic rings. The number of rotatable bonds is 7. The lowest BCUT2D eigenvalue weighted by atomic mass is 10.3. The summed E-state index contributed by atoms with van der Waals surface area (Å²) < 4.78 is 4.97. The van der Waals surface area contributed by atoms with Crippen LogP contribution in [0.3, 0.4) is 0 Å². The molecule has 5 nitrogen and oxygen atoms in total. The number of aromatic nitrogens is 2. The molecule has 5 heteroatoms. The Morgan fingerprint density at radius 3 is 3.00 bits per heavy atom. The summed E-state index contributed by atoms with van der Waals surface area (Å²) in [6.45, 7) is 1.72. The molecule has 0 aliphatic carbocycles. The first-order chi connectivity index (χ1) is 7.36. The van der Waals surface area contributed by atoms with Gasteiger partial charge in [-0.1, -0.05) is 0 Å². The molecule has 0 saturated heterocycles. The Kier molecular flexibility index (Phi) is 5.47. The molecule has 1 rings (SSSR count). The van der Waals surface area contributed by atoms with Crippen molar-refractivity contribution in [2.45, 2.75) is 12.8 Å². The highest BCUT2D eigenvalue weighted by atomic mass is 16.5. The van der Waals surface area contributed by atoms with Gasteiger partial charge in [-0.15, -0.1) is 0 Å². The van der Waals surface area contributed by atoms with E-state index >= 15 is 0 Å². The topological polar surface area (TPSA) is 59.1 Å². The molecule has 84 valence electrons. The number of nitrogens with one attached hydrogen (secondary N) is 2. The van der Waals surface area contributed by atoms with Crippen LogP contribution in [0.25, 0.3) is 0 Å². The fourth-order valence-electron chi connectivity index (χ4n) is 1.17. The molecular formula is C10H18N4O. The van der Waals surface area contributed by atoms with Crippen molar-refractivity contribution in [2.75, 3.05) is 37.9 Å². The zero-order valence-electron chi connectivity index (χ0n) is 9.29. The van der Waals surface area contributed by atoms with Gasteiger partial charge in [0.15, 0.2) is 0 Å². The highest BCUT2D eigenvalue weighted by Crippen LogP contribution is 2.04. The molecule has 0 bridgehead atoms. The second-order valence-electron chi connectivity index (χ2n) is 3.14. The molecule has 1 heterocycles. The van der Waals surface area contributed by atoms with E-state index in [0.29, 0.717) is 5.95 Å². The molecule has 0 spiro atoms. The number of methoxy groups -OCH3 is 1. The predicted octanol–water partition coefficient (Wildman–Crippen LogP) is 1.36. The Morgan fingerprint density at radius 1 is 1.40 bits per heavy atom. The van der Waals surface area contributed by atoms with Crippen LogP contribution in [0, 0.1) is 0 Å². The average Bonchev–Trinajstić information content (AvgIpc) is 2.29. The van der Waals surface area contributed by atoms with Crippen LogP contribution in [0.2, 0.25) is 0 Å². The molecule has 0 amide bonds. The quantitative estimate of drug-likeness (QED) is 0.665. The molecule has 1 aromatic rings. The van der Waals surface area contributed by atoms with E-state index in [9.17, 15) is 0 Å². The van der Waals surface area contributed by atoms with E-state index < -0.39 is 0 Å². The maximum absolute atomic E-state index is 4.97. The SMILES string of the molecule is CNc1nccc(NCCCCOC)n1. The third-order valence-corrected chi connectivity index (χ3v) is 1.96. The summed E-state index contributed by atoms with van der Waals surface area (Å²) in [5.74, 6) is 1.49. The first-order valence-corrected chi connectivity index (χ1v) is 5.10. The molecule has 0 aliphatic heterocycles. The molecule has 15 heavy (non-hydrogen) atoms. The van der Waals surface area contributed by atoms with Crippen LogP contribution in [0.5, 0.6) is 0 Å². The van der Waals surface area contributed by atoms with Crippen molar-refractivity contribution >= 4 is 11.8 Å². The molecule has 1 aromatic heterocycles. The van der Waals surface area contributed by atoms with Crippen LogP contribution in [-0.4, -0.2) is 37.3 Å². The van der Waals surface area contributed by atoms with Crippen molar-refractivity contribution in [1.82, 2.24) is 9.97 Å². The number of unbranched alkanes of at least 4 members (excludes halogenated alkanes) is 1. The lowest BCUT2D eigenvalue weighted by molar-refractivity contribution is 0.194. The molecular weight excluding hydrogens is 192 g/mol. The highest BCUT2D eigenvalue weighted by Gasteiger charge is 1.95. The number of hydrogen-bond acceptors (Lipinski definition) is 5. The van der Waals surface area contributed by atoms with Crippen LogP contribution in [0.15, 0.2) is 12.3 Å². The minimum absolute atomic E-state index is 0.636. The maximum Gasteiger partial charge on any atom is 0.224 e. The van der Waals surface area contributed by atoms with Gasteiger partial charge in [-0.2, -0.15) is 4.98 Å². The van der Waals surface area contributed by atoms with Crippen molar-refractivity contribution in [3.63, 3.8) is 0 Å². The molecule has 2 N–H and O–H groups in total. The largest absolute Gasteiger partial charge is 0.385 e. The van der Waals surface area contributed by atoms with E-state index in [-0.39, 0.29) is 0 Å². The van der Waals surface area contributed by atoms with Gasteiger partial charge in [0.1, 0.15) is 5.82 Å². The zero-order chi connectivity index (χ0) is 10.9. The summed E-state index contributed by atoms with van der Waals surface area (Å²) in [4.78, 5) is 8.28. The van der Waals surface area contributed by atoms with Crippen LogP contribution >= 0.6 is 0 Å². The minimum atomic E-state index is 0.636. The van der Waals surface area contributed by atoms with Gasteiger partial charge in [0.2, 0.25) is 5.95 Å². The second kappa shape index (κ2) is 7.00. The molecule has 0 aromatic carbocycles. The second-order valence-corrected chi connectivity index (χ2v) is 3.14. The van der Waals surface area contributed by atoms with Crippen LogP contribution in [0.1, 0.15) is 12.8 Å². The van der Waals surface area contributed by atoms with Gasteiger partial charge in [0.05, 0.1) is 0 Å². The number of ether oxygens (including phenoxy) is 1. The predicted molar refractivity (Wildman–Crippen MR) is 61.2 cm³/mol. The molecule has 0 fully saturated rings. The van der Waals surface area contributed by atoms with Gasteiger partial charge < -0.3 is 15.4 Å². The Balaban J connectivity index is 2.24. The van der Waals surface area contributed by atoms with Gasteiger partial charge in [0.25, 0.3) is 0 Å². The lowest BCUT2D eigenvalue weighted by Crippen LogP contribution is -2.06. The summed E-state index contributed by atoms with van der Waals surface area (Å²) in [5.41, 5.74) is 0. The van der Waals surface area contributed by atoms with E-state index in [4.69, 9.17) is 4.74 Å². The lowest BCUT2D eigenvalue weighted by Gasteiger charge is -2.06. The summed E-state index contributed by atoms with van der Waals surface area (Å²) in [7, 11) is 3.52. The van der Waals surface area contributed by atoms with E-state index in [1.54, 1.807) is 20.4 Å². The van der Waals surface area contributed by atoms with Crippen molar-refractivity contribution in [3.05, 3.63) is 12.3 Å². The molecule has 0 saturated carbocycles. The standard InChI is InChI=1S/C10H18N4O/c1-11-10-13-7-5-9(14-10)12-6-3-4-8-15-2/h5,7H,3-4,6,8H2,1-2H3,(H2,11,12,13,14). The number of anilines is 2. The average molecular weight is 210 g/mol. The maximum atomic E-state index is 4.97. The Morgan fingerprint density at radius 2 is 2.27 bits per heavy atom. The van der Waals surface area contributed by atoms with E-state index in [1.165, 1.54) is 0 Å². The normalized spacial score (nSPS) is 10.0. The summed E-state index contributed by atoms with van der Waals surface area (Å²) in [6, 6.07) is 1.86. The smallest absolute Gasteiger partial charge is 0.224 e. The minimum Gasteiger partial charge on any atom is -0.385 e. The van der Waals surface area contributed by atoms with Crippen LogP contribution < -0.4 is 10.6 Å². The zero-order valence-corrected chi connectivity index (χ0v) is 9.29. The fraction of sp³-hybridized carbons (Fsp3) is 0.600. The number of hydrogen-bond donors (Lipinski definition) is 2. The van der Waals surface area contributed by atoms with Crippen molar-refractivity contribution in [3.8, 4) is 0 Å². The first kappa shape index (κ1) is 11.7. The van der Waals surface area contributed by atoms with Gasteiger partial charge >= 0.3 is 0 Å². The Hall–Kier alpha value is -1.36. The molecule has 0 radical (unpaired) electrons. The van der Waals surface area contributed by atoms with Crippen LogP contribution in [-0.2, 0) is 4.74 Å². The van der Waals surface area contributed by atoms with Crippen molar-refractivity contribution in [2.24, 2.45) is 0 Å². The Labute approximate surface area is 90.3 Å². The number of nitrogens with zero attached hydrogens (tertiary/aromatic N) is 2. The summed E-state index contributed by atoms with van der Waals surface area (Å²) in [5, 5.41) is 6.13. The third kappa shape index (κ3) is 4.60. The summed E-state index contributed by atoms with van der Waals surface area (Å²) in [6.07, 6.45) is 3.87. The molecule has 0 unspecified atom stereocenters. The fourth-order valence-corrected chi connectivity index (χ4v) is 1.17. The van der Waals surface area contributed by atoms with Gasteiger partial charge in [-0.3, -0.25) is 0 Å². The van der Waals surface area contributed by atoms with Gasteiger partial charge in [-0.25, -0.2) is 4.98 Å². The van der Waals surface area contributed by atoms with Crippen LogP contribution in [0.4, 0.5) is 11.8 Å². The van der Waals surface area contributed by atoms with Gasteiger partial charge in [0, 0.05) is 33.5 Å². The summed E-state index contributed by atoms with van der Waals surface area (Å²) >= 11 is 0. The first-order valence-electron chi connectivity index (χ1n) is 5.10. The van der Waals surface area contributed by atoms with Crippen molar-refractivity contribution < 1.29 is 4.74 Å². The molecule has 0 atom stereocenters.